The number of carbonyl (C=O) groups is 2. The van der Waals surface area contributed by atoms with Crippen molar-refractivity contribution in [3.05, 3.63) is 89.5 Å². The molecule has 158 valence electrons. The minimum Gasteiger partial charge on any atom is -0.375 e. The van der Waals surface area contributed by atoms with E-state index >= 15 is 0 Å². The van der Waals surface area contributed by atoms with E-state index in [1.807, 2.05) is 6.92 Å². The third-order valence-electron chi connectivity index (χ3n) is 5.18. The maximum absolute atomic E-state index is 12.9. The highest BCUT2D eigenvalue weighted by molar-refractivity contribution is 7.92. The second kappa shape index (κ2) is 7.64. The number of fused-ring (bicyclic) bond motifs is 1. The van der Waals surface area contributed by atoms with Crippen molar-refractivity contribution < 1.29 is 23.1 Å². The number of sulfonamides is 1. The van der Waals surface area contributed by atoms with Gasteiger partial charge in [-0.05, 0) is 37.3 Å². The minimum absolute atomic E-state index is 0.100. The van der Waals surface area contributed by atoms with Crippen LogP contribution >= 0.6 is 0 Å². The summed E-state index contributed by atoms with van der Waals surface area (Å²) in [6.45, 7) is 1.86. The van der Waals surface area contributed by atoms with Gasteiger partial charge in [0.05, 0.1) is 11.3 Å². The van der Waals surface area contributed by atoms with Gasteiger partial charge >= 0.3 is 0 Å². The molecule has 0 saturated carbocycles. The summed E-state index contributed by atoms with van der Waals surface area (Å²) in [5.41, 5.74) is 0.129. The van der Waals surface area contributed by atoms with Gasteiger partial charge in [-0.2, -0.15) is 0 Å². The quantitative estimate of drug-likeness (QED) is 0.514. The lowest BCUT2D eigenvalue weighted by atomic mass is 9.88. The first-order valence-electron chi connectivity index (χ1n) is 9.55. The number of aliphatic hydroxyl groups is 1. The van der Waals surface area contributed by atoms with Crippen molar-refractivity contribution in [2.75, 3.05) is 10.0 Å². The van der Waals surface area contributed by atoms with Crippen molar-refractivity contribution in [3.63, 3.8) is 0 Å². The van der Waals surface area contributed by atoms with Crippen LogP contribution < -0.4 is 10.0 Å². The Kier molecular flexibility index (Phi) is 5.12. The third kappa shape index (κ3) is 3.95. The fourth-order valence-corrected chi connectivity index (χ4v) is 4.55. The Morgan fingerprint density at radius 1 is 1.03 bits per heavy atom. The van der Waals surface area contributed by atoms with Gasteiger partial charge in [-0.25, -0.2) is 8.42 Å². The summed E-state index contributed by atoms with van der Waals surface area (Å²) < 4.78 is 27.7. The predicted octanol–water partition coefficient (Wildman–Crippen LogP) is 3.21. The maximum Gasteiger partial charge on any atom is 0.261 e. The summed E-state index contributed by atoms with van der Waals surface area (Å²) in [6.07, 6.45) is -0.468. The Morgan fingerprint density at radius 2 is 1.74 bits per heavy atom. The summed E-state index contributed by atoms with van der Waals surface area (Å²) in [4.78, 5) is 25.3. The summed E-state index contributed by atoms with van der Waals surface area (Å²) in [7, 11) is -3.83. The lowest BCUT2D eigenvalue weighted by Crippen LogP contribution is -2.36. The second-order valence-corrected chi connectivity index (χ2v) is 9.14. The molecule has 0 unspecified atom stereocenters. The Bertz CT molecular complexity index is 1290. The lowest BCUT2D eigenvalue weighted by Gasteiger charge is -2.20. The van der Waals surface area contributed by atoms with Crippen molar-refractivity contribution in [1.82, 2.24) is 0 Å². The SMILES string of the molecule is Cc1ccc(S(=O)(=O)Nc2cccc(C(=O)C[C@]3(O)C(=O)Nc4ccccc43)c2)cc1. The molecule has 1 amide bonds. The minimum atomic E-state index is -3.83. The number of para-hydroxylation sites is 1. The van der Waals surface area contributed by atoms with E-state index in [0.29, 0.717) is 11.3 Å². The van der Waals surface area contributed by atoms with Gasteiger partial charge in [0.25, 0.3) is 15.9 Å². The predicted molar refractivity (Wildman–Crippen MR) is 116 cm³/mol. The van der Waals surface area contributed by atoms with E-state index in [1.165, 1.54) is 36.4 Å². The van der Waals surface area contributed by atoms with E-state index in [1.54, 1.807) is 36.4 Å². The molecule has 3 aromatic carbocycles. The number of carbonyl (C=O) groups excluding carboxylic acids is 2. The van der Waals surface area contributed by atoms with Gasteiger partial charge in [0.15, 0.2) is 11.4 Å². The van der Waals surface area contributed by atoms with Gasteiger partial charge in [0, 0.05) is 22.5 Å². The van der Waals surface area contributed by atoms with Crippen molar-refractivity contribution >= 4 is 33.1 Å². The number of hydrogen-bond donors (Lipinski definition) is 3. The number of Topliss-reactive ketones (excluding diaryl/α,β-unsaturated/α-hetero) is 1. The molecule has 0 bridgehead atoms. The van der Waals surface area contributed by atoms with Crippen molar-refractivity contribution in [1.29, 1.82) is 0 Å². The number of benzene rings is 3. The van der Waals surface area contributed by atoms with Crippen molar-refractivity contribution in [2.24, 2.45) is 0 Å². The number of hydrogen-bond acceptors (Lipinski definition) is 5. The Morgan fingerprint density at radius 3 is 2.48 bits per heavy atom. The molecule has 31 heavy (non-hydrogen) atoms. The molecule has 0 saturated heterocycles. The first-order valence-corrected chi connectivity index (χ1v) is 11.0. The lowest BCUT2D eigenvalue weighted by molar-refractivity contribution is -0.133. The number of rotatable bonds is 6. The standard InChI is InChI=1S/C23H20N2O5S/c1-15-9-11-18(12-10-15)31(29,30)25-17-6-4-5-16(13-17)21(26)14-23(28)19-7-2-3-8-20(19)24-22(23)27/h2-13,25,28H,14H2,1H3,(H,24,27)/t23-/m1/s1. The van der Waals surface area contributed by atoms with Crippen LogP contribution in [-0.4, -0.2) is 25.2 Å². The largest absolute Gasteiger partial charge is 0.375 e. The van der Waals surface area contributed by atoms with E-state index < -0.39 is 33.7 Å². The van der Waals surface area contributed by atoms with Crippen LogP contribution in [0.25, 0.3) is 0 Å². The van der Waals surface area contributed by atoms with Crippen LogP contribution in [0.4, 0.5) is 11.4 Å². The van der Waals surface area contributed by atoms with Crippen LogP contribution in [0.1, 0.15) is 27.9 Å². The zero-order valence-corrected chi connectivity index (χ0v) is 17.4. The van der Waals surface area contributed by atoms with Crippen LogP contribution in [0.5, 0.6) is 0 Å². The van der Waals surface area contributed by atoms with Gasteiger partial charge in [0.2, 0.25) is 0 Å². The van der Waals surface area contributed by atoms with E-state index in [-0.39, 0.29) is 16.1 Å². The van der Waals surface area contributed by atoms with Gasteiger partial charge in [-0.3, -0.25) is 14.3 Å². The Balaban J connectivity index is 1.57. The molecule has 1 atom stereocenters. The molecule has 0 aliphatic carbocycles. The van der Waals surface area contributed by atoms with Gasteiger partial charge in [-0.15, -0.1) is 0 Å². The van der Waals surface area contributed by atoms with Crippen molar-refractivity contribution in [3.8, 4) is 0 Å². The highest BCUT2D eigenvalue weighted by atomic mass is 32.2. The Hall–Kier alpha value is -3.49. The first-order chi connectivity index (χ1) is 14.7. The van der Waals surface area contributed by atoms with Crippen LogP contribution in [0.3, 0.4) is 0 Å². The second-order valence-electron chi connectivity index (χ2n) is 7.46. The van der Waals surface area contributed by atoms with Gasteiger partial charge < -0.3 is 10.4 Å². The first kappa shape index (κ1) is 20.8. The smallest absolute Gasteiger partial charge is 0.261 e. The van der Waals surface area contributed by atoms with E-state index in [0.717, 1.165) is 5.56 Å². The Labute approximate surface area is 179 Å². The molecule has 0 aromatic heterocycles. The molecule has 0 fully saturated rings. The number of anilines is 2. The average molecular weight is 436 g/mol. The molecular weight excluding hydrogens is 416 g/mol. The molecule has 3 aromatic rings. The fraction of sp³-hybridized carbons (Fsp3) is 0.130. The highest BCUT2D eigenvalue weighted by Gasteiger charge is 2.46. The van der Waals surface area contributed by atoms with E-state index in [9.17, 15) is 23.1 Å². The molecule has 1 aliphatic rings. The third-order valence-corrected chi connectivity index (χ3v) is 6.58. The van der Waals surface area contributed by atoms with Gasteiger partial charge in [0.1, 0.15) is 0 Å². The molecule has 1 heterocycles. The topological polar surface area (TPSA) is 113 Å². The van der Waals surface area contributed by atoms with Gasteiger partial charge in [-0.1, -0.05) is 48.0 Å². The van der Waals surface area contributed by atoms with Crippen LogP contribution in [-0.2, 0) is 20.4 Å². The van der Waals surface area contributed by atoms with Crippen LogP contribution in [0.2, 0.25) is 0 Å². The number of ketones is 1. The molecule has 8 heteroatoms. The van der Waals surface area contributed by atoms with Crippen LogP contribution in [0, 0.1) is 6.92 Å². The molecule has 1 aliphatic heterocycles. The monoisotopic (exact) mass is 436 g/mol. The van der Waals surface area contributed by atoms with E-state index in [4.69, 9.17) is 0 Å². The zero-order chi connectivity index (χ0) is 22.2. The molecule has 7 nitrogen and oxygen atoms in total. The maximum atomic E-state index is 12.9. The van der Waals surface area contributed by atoms with E-state index in [2.05, 4.69) is 10.0 Å². The summed E-state index contributed by atoms with van der Waals surface area (Å²) in [6, 6.07) is 19.0. The van der Waals surface area contributed by atoms with Crippen molar-refractivity contribution in [2.45, 2.75) is 23.8 Å². The molecule has 0 radical (unpaired) electrons. The summed E-state index contributed by atoms with van der Waals surface area (Å²) in [5, 5.41) is 13.5. The molecular formula is C23H20N2O5S. The number of amides is 1. The average Bonchev–Trinajstić information content (AvgIpc) is 2.98. The number of nitrogens with one attached hydrogen (secondary N) is 2. The highest BCUT2D eigenvalue weighted by Crippen LogP contribution is 2.38. The molecule has 3 N–H and O–H groups in total. The molecule has 0 spiro atoms. The number of aryl methyl sites for hydroxylation is 1. The molecule has 4 rings (SSSR count). The summed E-state index contributed by atoms with van der Waals surface area (Å²) in [5.74, 6) is -1.16. The van der Waals surface area contributed by atoms with Crippen LogP contribution in [0.15, 0.2) is 77.7 Å². The zero-order valence-electron chi connectivity index (χ0n) is 16.6. The summed E-state index contributed by atoms with van der Waals surface area (Å²) >= 11 is 0. The fourth-order valence-electron chi connectivity index (χ4n) is 3.50. The normalized spacial score (nSPS) is 17.7.